The van der Waals surface area contributed by atoms with Gasteiger partial charge in [-0.15, -0.1) is 24.0 Å². The van der Waals surface area contributed by atoms with E-state index in [4.69, 9.17) is 14.2 Å². The first-order valence-electron chi connectivity index (χ1n) is 8.86. The summed E-state index contributed by atoms with van der Waals surface area (Å²) in [6.07, 6.45) is 0.830. The highest BCUT2D eigenvalue weighted by molar-refractivity contribution is 14.0. The molecule has 146 valence electrons. The van der Waals surface area contributed by atoms with Crippen LogP contribution in [0.25, 0.3) is 0 Å². The van der Waals surface area contributed by atoms with Gasteiger partial charge in [0, 0.05) is 13.6 Å². The number of nitrogens with one attached hydrogen (secondary N) is 2. The van der Waals surface area contributed by atoms with E-state index in [1.165, 1.54) is 0 Å². The van der Waals surface area contributed by atoms with Gasteiger partial charge in [-0.05, 0) is 30.7 Å². The number of aliphatic imine (C=N–C) groups is 1. The van der Waals surface area contributed by atoms with Crippen molar-refractivity contribution in [3.8, 4) is 17.2 Å². The van der Waals surface area contributed by atoms with Crippen molar-refractivity contribution < 1.29 is 14.2 Å². The number of halogens is 1. The summed E-state index contributed by atoms with van der Waals surface area (Å²) in [4.78, 5) is 4.23. The molecule has 3 rings (SSSR count). The predicted molar refractivity (Wildman–Crippen MR) is 118 cm³/mol. The summed E-state index contributed by atoms with van der Waals surface area (Å²) >= 11 is 0. The van der Waals surface area contributed by atoms with Crippen LogP contribution in [-0.4, -0.2) is 45.4 Å². The number of nitrogens with zero attached hydrogens (tertiary/aromatic N) is 1. The van der Waals surface area contributed by atoms with E-state index in [1.807, 2.05) is 54.6 Å². The van der Waals surface area contributed by atoms with Gasteiger partial charge < -0.3 is 24.8 Å². The van der Waals surface area contributed by atoms with E-state index in [1.54, 1.807) is 7.05 Å². The van der Waals surface area contributed by atoms with Gasteiger partial charge >= 0.3 is 0 Å². The number of rotatable bonds is 7. The number of guanidine groups is 1. The smallest absolute Gasteiger partial charge is 0.191 e. The minimum Gasteiger partial charge on any atom is -0.494 e. The highest BCUT2D eigenvalue weighted by Crippen LogP contribution is 2.30. The van der Waals surface area contributed by atoms with Crippen LogP contribution in [0.3, 0.4) is 0 Å². The van der Waals surface area contributed by atoms with Crippen LogP contribution < -0.4 is 24.8 Å². The molecule has 0 radical (unpaired) electrons. The zero-order valence-electron chi connectivity index (χ0n) is 15.4. The second-order valence-corrected chi connectivity index (χ2v) is 5.89. The van der Waals surface area contributed by atoms with Crippen molar-refractivity contribution in [3.05, 3.63) is 54.6 Å². The Bertz CT molecular complexity index is 713. The first-order chi connectivity index (χ1) is 12.8. The summed E-state index contributed by atoms with van der Waals surface area (Å²) < 4.78 is 17.3. The summed E-state index contributed by atoms with van der Waals surface area (Å²) in [5, 5.41) is 6.55. The van der Waals surface area contributed by atoms with Crippen molar-refractivity contribution >= 4 is 29.9 Å². The molecule has 0 bridgehead atoms. The maximum Gasteiger partial charge on any atom is 0.191 e. The number of ether oxygens (including phenoxy) is 3. The van der Waals surface area contributed by atoms with E-state index in [2.05, 4.69) is 15.6 Å². The quantitative estimate of drug-likeness (QED) is 0.275. The Hall–Kier alpha value is -2.16. The van der Waals surface area contributed by atoms with Gasteiger partial charge in [0.2, 0.25) is 0 Å². The number of fused-ring (bicyclic) bond motifs is 1. The minimum atomic E-state index is -0.0511. The van der Waals surface area contributed by atoms with Crippen molar-refractivity contribution in [3.63, 3.8) is 0 Å². The van der Waals surface area contributed by atoms with Crippen molar-refractivity contribution in [2.24, 2.45) is 4.99 Å². The average Bonchev–Trinajstić information content (AvgIpc) is 2.70. The molecule has 6 nitrogen and oxygen atoms in total. The Morgan fingerprint density at radius 3 is 2.59 bits per heavy atom. The molecule has 7 heteroatoms. The SMILES string of the molecule is CN=C(NCCCOc1ccccc1)NCC1COc2ccccc2O1.I. The topological polar surface area (TPSA) is 64.1 Å². The third kappa shape index (κ3) is 6.82. The van der Waals surface area contributed by atoms with E-state index >= 15 is 0 Å². The van der Waals surface area contributed by atoms with E-state index in [-0.39, 0.29) is 30.1 Å². The Balaban J connectivity index is 0.00000261. The molecule has 27 heavy (non-hydrogen) atoms. The minimum absolute atomic E-state index is 0. The summed E-state index contributed by atoms with van der Waals surface area (Å²) in [6, 6.07) is 17.5. The molecule has 2 aromatic carbocycles. The molecule has 0 spiro atoms. The van der Waals surface area contributed by atoms with Crippen molar-refractivity contribution in [2.45, 2.75) is 12.5 Å². The first kappa shape index (κ1) is 21.1. The molecule has 1 aliphatic rings. The lowest BCUT2D eigenvalue weighted by Crippen LogP contribution is -2.45. The zero-order valence-corrected chi connectivity index (χ0v) is 17.7. The monoisotopic (exact) mass is 483 g/mol. The molecule has 1 aliphatic heterocycles. The van der Waals surface area contributed by atoms with Crippen LogP contribution in [0, 0.1) is 0 Å². The van der Waals surface area contributed by atoms with Crippen molar-refractivity contribution in [1.29, 1.82) is 0 Å². The van der Waals surface area contributed by atoms with Crippen LogP contribution in [-0.2, 0) is 0 Å². The van der Waals surface area contributed by atoms with E-state index in [0.717, 1.165) is 36.2 Å². The van der Waals surface area contributed by atoms with Gasteiger partial charge in [-0.2, -0.15) is 0 Å². The van der Waals surface area contributed by atoms with Gasteiger partial charge in [-0.1, -0.05) is 30.3 Å². The predicted octanol–water partition coefficient (Wildman–Crippen LogP) is 3.08. The summed E-state index contributed by atoms with van der Waals surface area (Å²) in [6.45, 7) is 2.57. The lowest BCUT2D eigenvalue weighted by atomic mass is 10.2. The molecule has 0 saturated carbocycles. The highest BCUT2D eigenvalue weighted by atomic mass is 127. The van der Waals surface area contributed by atoms with Crippen molar-refractivity contribution in [2.75, 3.05) is 33.4 Å². The number of para-hydroxylation sites is 3. The zero-order chi connectivity index (χ0) is 18.0. The second kappa shape index (κ2) is 11.5. The molecule has 1 heterocycles. The Morgan fingerprint density at radius 2 is 1.81 bits per heavy atom. The molecule has 0 aliphatic carbocycles. The maximum atomic E-state index is 5.93. The normalized spacial score (nSPS) is 15.4. The van der Waals surface area contributed by atoms with Crippen LogP contribution in [0.1, 0.15) is 6.42 Å². The van der Waals surface area contributed by atoms with Gasteiger partial charge in [0.15, 0.2) is 17.5 Å². The van der Waals surface area contributed by atoms with Crippen LogP contribution in [0.4, 0.5) is 0 Å². The number of hydrogen-bond acceptors (Lipinski definition) is 4. The van der Waals surface area contributed by atoms with Crippen LogP contribution in [0.5, 0.6) is 17.2 Å². The molecule has 1 atom stereocenters. The van der Waals surface area contributed by atoms with E-state index < -0.39 is 0 Å². The van der Waals surface area contributed by atoms with Crippen LogP contribution in [0.2, 0.25) is 0 Å². The third-order valence-corrected chi connectivity index (χ3v) is 3.91. The fourth-order valence-electron chi connectivity index (χ4n) is 2.58. The van der Waals surface area contributed by atoms with E-state index in [0.29, 0.717) is 19.8 Å². The molecule has 2 aromatic rings. The van der Waals surface area contributed by atoms with Gasteiger partial charge in [0.05, 0.1) is 13.2 Å². The van der Waals surface area contributed by atoms with Crippen molar-refractivity contribution in [1.82, 2.24) is 10.6 Å². The summed E-state index contributed by atoms with van der Waals surface area (Å²) in [7, 11) is 1.75. The first-order valence-corrected chi connectivity index (χ1v) is 8.86. The Kier molecular flexibility index (Phi) is 9.03. The average molecular weight is 483 g/mol. The molecular formula is C20H26IN3O3. The molecule has 0 saturated heterocycles. The molecule has 2 N–H and O–H groups in total. The van der Waals surface area contributed by atoms with Crippen LogP contribution >= 0.6 is 24.0 Å². The summed E-state index contributed by atoms with van der Waals surface area (Å²) in [5.41, 5.74) is 0. The third-order valence-electron chi connectivity index (χ3n) is 3.91. The molecular weight excluding hydrogens is 457 g/mol. The Morgan fingerprint density at radius 1 is 1.07 bits per heavy atom. The Labute approximate surface area is 177 Å². The summed E-state index contributed by atoms with van der Waals surface area (Å²) in [5.74, 6) is 3.22. The number of hydrogen-bond donors (Lipinski definition) is 2. The van der Waals surface area contributed by atoms with Gasteiger partial charge in [-0.3, -0.25) is 4.99 Å². The fourth-order valence-corrected chi connectivity index (χ4v) is 2.58. The van der Waals surface area contributed by atoms with Crippen LogP contribution in [0.15, 0.2) is 59.6 Å². The molecule has 1 unspecified atom stereocenters. The van der Waals surface area contributed by atoms with Gasteiger partial charge in [0.1, 0.15) is 18.5 Å². The second-order valence-electron chi connectivity index (χ2n) is 5.89. The fraction of sp³-hybridized carbons (Fsp3) is 0.350. The lowest BCUT2D eigenvalue weighted by molar-refractivity contribution is 0.0936. The lowest BCUT2D eigenvalue weighted by Gasteiger charge is -2.27. The van der Waals surface area contributed by atoms with Gasteiger partial charge in [-0.25, -0.2) is 0 Å². The highest BCUT2D eigenvalue weighted by Gasteiger charge is 2.20. The van der Waals surface area contributed by atoms with Gasteiger partial charge in [0.25, 0.3) is 0 Å². The molecule has 0 fully saturated rings. The molecule has 0 aromatic heterocycles. The number of benzene rings is 2. The molecule has 0 amide bonds. The standard InChI is InChI=1S/C20H25N3O3.HI/c1-21-20(22-12-7-13-24-16-8-3-2-4-9-16)23-14-17-15-25-18-10-5-6-11-19(18)26-17;/h2-6,8-11,17H,7,12-15H2,1H3,(H2,21,22,23);1H. The maximum absolute atomic E-state index is 5.93. The largest absolute Gasteiger partial charge is 0.494 e. The van der Waals surface area contributed by atoms with E-state index in [9.17, 15) is 0 Å².